The summed E-state index contributed by atoms with van der Waals surface area (Å²) in [5.41, 5.74) is 27.5. The van der Waals surface area contributed by atoms with Crippen molar-refractivity contribution in [2.75, 3.05) is 0 Å². The first-order chi connectivity index (χ1) is 61.9. The third-order valence-corrected chi connectivity index (χ3v) is 27.4. The van der Waals surface area contributed by atoms with Crippen molar-refractivity contribution in [3.8, 4) is 123 Å². The predicted octanol–water partition coefficient (Wildman–Crippen LogP) is 32.6. The normalized spacial score (nSPS) is 11.5. The first-order valence-corrected chi connectivity index (χ1v) is 44.5. The van der Waals surface area contributed by atoms with E-state index in [9.17, 15) is 0 Å². The quantitative estimate of drug-likeness (QED) is 0.120. The molecule has 25 rings (SSSR count). The summed E-state index contributed by atoms with van der Waals surface area (Å²) in [4.78, 5) is 31.1. The van der Waals surface area contributed by atoms with Crippen LogP contribution in [0.2, 0.25) is 0 Å². The van der Waals surface area contributed by atoms with E-state index in [-0.39, 0.29) is 0 Å². The highest BCUT2D eigenvalue weighted by Gasteiger charge is 2.22. The van der Waals surface area contributed by atoms with Crippen LogP contribution in [0.4, 0.5) is 0 Å². The van der Waals surface area contributed by atoms with Gasteiger partial charge in [-0.1, -0.05) is 382 Å². The van der Waals surface area contributed by atoms with Gasteiger partial charge in [0, 0.05) is 110 Å². The molecule has 0 fully saturated rings. The van der Waals surface area contributed by atoms with Gasteiger partial charge in [0.15, 0.2) is 5.82 Å². The lowest BCUT2D eigenvalue weighted by atomic mass is 9.96. The van der Waals surface area contributed by atoms with Crippen LogP contribution >= 0.6 is 34.0 Å². The van der Waals surface area contributed by atoms with E-state index in [1.807, 2.05) is 70.4 Å². The second-order valence-corrected chi connectivity index (χ2v) is 34.6. The molecule has 0 atom stereocenters. The lowest BCUT2D eigenvalue weighted by Gasteiger charge is -2.13. The highest BCUT2D eigenvalue weighted by atomic mass is 32.1. The maximum atomic E-state index is 5.34. The van der Waals surface area contributed by atoms with Crippen molar-refractivity contribution in [1.82, 2.24) is 29.9 Å². The molecular formula is C116H72N6S3. The summed E-state index contributed by atoms with van der Waals surface area (Å²) in [5.74, 6) is 0.737. The molecule has 125 heavy (non-hydrogen) atoms. The fraction of sp³-hybridized carbons (Fsp3) is 0. The van der Waals surface area contributed by atoms with Gasteiger partial charge in [-0.2, -0.15) is 0 Å². The fourth-order valence-electron chi connectivity index (χ4n) is 17.7. The summed E-state index contributed by atoms with van der Waals surface area (Å²) < 4.78 is 7.94. The van der Waals surface area contributed by atoms with Crippen LogP contribution < -0.4 is 0 Å². The van der Waals surface area contributed by atoms with E-state index in [0.717, 1.165) is 122 Å². The molecule has 0 saturated heterocycles. The summed E-state index contributed by atoms with van der Waals surface area (Å²) in [6.07, 6.45) is 0. The van der Waals surface area contributed by atoms with Crippen molar-refractivity contribution in [3.63, 3.8) is 0 Å². The summed E-state index contributed by atoms with van der Waals surface area (Å²) in [5, 5.41) is 13.5. The Morgan fingerprint density at radius 3 is 1.00 bits per heavy atom. The van der Waals surface area contributed by atoms with Gasteiger partial charge in [-0.15, -0.1) is 34.0 Å². The molecule has 0 aliphatic carbocycles. The van der Waals surface area contributed by atoms with E-state index in [1.54, 1.807) is 0 Å². The van der Waals surface area contributed by atoms with Gasteiger partial charge in [0.25, 0.3) is 0 Å². The molecule has 0 bridgehead atoms. The number of thiophene rings is 3. The summed E-state index contributed by atoms with van der Waals surface area (Å²) in [6.45, 7) is 0. The van der Waals surface area contributed by atoms with Gasteiger partial charge in [-0.3, -0.25) is 0 Å². The van der Waals surface area contributed by atoms with E-state index < -0.39 is 0 Å². The fourth-order valence-corrected chi connectivity index (χ4v) is 21.2. The Bertz CT molecular complexity index is 8430. The monoisotopic (exact) mass is 1640 g/mol. The van der Waals surface area contributed by atoms with Gasteiger partial charge in [-0.05, 0) is 121 Å². The number of benzene rings is 19. The SMILES string of the molecule is c1ccc(-c2ccc(-c3nc4c(ccc5ccccc54)nc3-c3ccc(-c4cccc5sc6ccccc6c45)cc3)cc2)cc1.c1ccc(-c2nc(-c3ccccc3)c3ccc(-c4ccc(-c5cccc6c5sc5ccccc56)cc4)cc3n2)cc1.c1ccc(-c2nc3c(ccc4ccccc43)nc2-c2ccc(-c3cccc4sc5ccccc5c34)cc2)cc1. The van der Waals surface area contributed by atoms with E-state index in [4.69, 9.17) is 29.9 Å². The van der Waals surface area contributed by atoms with Crippen LogP contribution in [-0.4, -0.2) is 29.9 Å². The van der Waals surface area contributed by atoms with Crippen molar-refractivity contribution in [1.29, 1.82) is 0 Å². The highest BCUT2D eigenvalue weighted by molar-refractivity contribution is 7.27. The lowest BCUT2D eigenvalue weighted by molar-refractivity contribution is 1.23. The van der Waals surface area contributed by atoms with Crippen LogP contribution in [0.5, 0.6) is 0 Å². The van der Waals surface area contributed by atoms with Crippen LogP contribution in [0.1, 0.15) is 0 Å². The zero-order valence-electron chi connectivity index (χ0n) is 67.5. The van der Waals surface area contributed by atoms with Gasteiger partial charge in [0.1, 0.15) is 0 Å². The molecule has 0 spiro atoms. The van der Waals surface area contributed by atoms with E-state index in [0.29, 0.717) is 0 Å². The van der Waals surface area contributed by atoms with E-state index >= 15 is 0 Å². The highest BCUT2D eigenvalue weighted by Crippen LogP contribution is 2.46. The number of hydrogen-bond donors (Lipinski definition) is 0. The van der Waals surface area contributed by atoms with Crippen LogP contribution in [0.3, 0.4) is 0 Å². The summed E-state index contributed by atoms with van der Waals surface area (Å²) in [7, 11) is 0. The van der Waals surface area contributed by atoms with Crippen LogP contribution in [-0.2, 0) is 0 Å². The molecule has 0 radical (unpaired) electrons. The van der Waals surface area contributed by atoms with Gasteiger partial charge in [-0.25, -0.2) is 29.9 Å². The first kappa shape index (κ1) is 74.4. The molecule has 584 valence electrons. The maximum Gasteiger partial charge on any atom is 0.160 e. The minimum Gasteiger partial charge on any atom is -0.244 e. The smallest absolute Gasteiger partial charge is 0.160 e. The number of rotatable bonds is 11. The molecule has 0 unspecified atom stereocenters. The van der Waals surface area contributed by atoms with Crippen molar-refractivity contribution in [3.05, 3.63) is 437 Å². The standard InChI is InChI=1S/C42H26N2S.C38H24N2S.C36H22N2S/c1-2-9-27(10-3-1)28-17-21-32(22-18-28)41-40(43-36-26-25-29-11-4-5-12-34(29)42(36)44-41)31-23-19-30(20-24-31)33-14-8-16-38-39(33)35-13-6-7-15-37(35)45-38;1-3-10-27(11-4-1)36-33-23-22-29(24-34(33)39-38(40-36)28-12-5-2-6-13-28)25-18-20-26(21-19-25)30-15-9-16-32-31-14-7-8-17-35(31)41-37(30)32;1-2-10-25(11-3-1)35-34(37-30-22-21-23-9-4-5-12-28(23)36(30)38-35)26-19-17-24(18-20-26)27-14-8-16-32-33(27)29-13-6-7-15-31(29)39-32/h1-26H;1-24H;1-22H. The molecule has 0 amide bonds. The number of nitrogens with zero attached hydrogens (tertiary/aromatic N) is 6. The van der Waals surface area contributed by atoms with Crippen molar-refractivity contribution >= 4 is 149 Å². The Balaban J connectivity index is 0.000000108. The molecule has 19 aromatic carbocycles. The van der Waals surface area contributed by atoms with E-state index in [2.05, 4.69) is 400 Å². The molecule has 25 aromatic rings. The van der Waals surface area contributed by atoms with Gasteiger partial charge >= 0.3 is 0 Å². The zero-order chi connectivity index (χ0) is 82.7. The van der Waals surface area contributed by atoms with E-state index in [1.165, 1.54) is 116 Å². The third kappa shape index (κ3) is 14.0. The Morgan fingerprint density at radius 1 is 0.160 bits per heavy atom. The Hall–Kier alpha value is -15.6. The summed E-state index contributed by atoms with van der Waals surface area (Å²) in [6, 6.07) is 154. The average Bonchev–Trinajstić information content (AvgIpc) is 1.38. The minimum atomic E-state index is 0.737. The van der Waals surface area contributed by atoms with Crippen molar-refractivity contribution < 1.29 is 0 Å². The molecule has 0 aliphatic rings. The Kier molecular flexibility index (Phi) is 19.1. The van der Waals surface area contributed by atoms with Crippen LogP contribution in [0.25, 0.3) is 238 Å². The molecule has 9 heteroatoms. The molecule has 0 aliphatic heterocycles. The van der Waals surface area contributed by atoms with Crippen LogP contribution in [0, 0.1) is 0 Å². The summed E-state index contributed by atoms with van der Waals surface area (Å²) >= 11 is 5.58. The van der Waals surface area contributed by atoms with Crippen molar-refractivity contribution in [2.45, 2.75) is 0 Å². The first-order valence-electron chi connectivity index (χ1n) is 42.0. The van der Waals surface area contributed by atoms with Crippen molar-refractivity contribution in [2.24, 2.45) is 0 Å². The average molecular weight is 1650 g/mol. The molecule has 6 heterocycles. The third-order valence-electron chi connectivity index (χ3n) is 23.9. The molecular weight excluding hydrogens is 1570 g/mol. The second-order valence-electron chi connectivity index (χ2n) is 31.4. The second kappa shape index (κ2) is 32.1. The lowest BCUT2D eigenvalue weighted by Crippen LogP contribution is -1.96. The molecule has 0 saturated carbocycles. The van der Waals surface area contributed by atoms with Gasteiger partial charge < -0.3 is 0 Å². The number of hydrogen-bond acceptors (Lipinski definition) is 9. The van der Waals surface area contributed by atoms with Gasteiger partial charge in [0.05, 0.1) is 56.1 Å². The Labute approximate surface area is 733 Å². The topological polar surface area (TPSA) is 77.3 Å². The molecule has 0 N–H and O–H groups in total. The molecule has 6 nitrogen and oxygen atoms in total. The van der Waals surface area contributed by atoms with Crippen LogP contribution in [0.15, 0.2) is 437 Å². The predicted molar refractivity (Wildman–Crippen MR) is 532 cm³/mol. The Morgan fingerprint density at radius 2 is 0.496 bits per heavy atom. The minimum absolute atomic E-state index is 0.737. The molecule has 6 aromatic heterocycles. The van der Waals surface area contributed by atoms with Gasteiger partial charge in [0.2, 0.25) is 0 Å². The zero-order valence-corrected chi connectivity index (χ0v) is 69.9. The number of fused-ring (bicyclic) bond motifs is 16. The number of aromatic nitrogens is 6. The largest absolute Gasteiger partial charge is 0.244 e. The maximum absolute atomic E-state index is 5.34.